The quantitative estimate of drug-likeness (QED) is 0.503. The summed E-state index contributed by atoms with van der Waals surface area (Å²) in [5.41, 5.74) is 6.03. The molecule has 2 atom stereocenters. The number of aromatic nitrogens is 1. The second-order valence-electron chi connectivity index (χ2n) is 11.2. The number of carbonyl (C=O) groups excluding carboxylic acids is 1. The lowest BCUT2D eigenvalue weighted by Gasteiger charge is -2.28. The molecule has 3 aliphatic carbocycles. The van der Waals surface area contributed by atoms with E-state index in [2.05, 4.69) is 62.0 Å². The standard InChI is InChI=1S/C33H32FN2O.H2/c1-4-21-14-25(17-28-27(21)16-24-15-26(24)18-33(28,3)34)31(37)35-20-32(2)13-12-23-10-11-29(36-30(23)19-32)22-8-6-5-7-9-22;/h5-12,14-15,17,19H,4,13,16,18,20H2,1-3H3,(H,35,37);1H/t32?,33-;/m1./s1. The molecular formula is C33H34FN2O. The lowest BCUT2D eigenvalue weighted by Crippen LogP contribution is -2.41. The number of halogens is 1. The maximum absolute atomic E-state index is 15.8. The summed E-state index contributed by atoms with van der Waals surface area (Å²) in [5.74, 6) is -0.152. The van der Waals surface area contributed by atoms with Crippen molar-refractivity contribution in [2.75, 3.05) is 6.54 Å². The summed E-state index contributed by atoms with van der Waals surface area (Å²) in [7, 11) is 0. The van der Waals surface area contributed by atoms with Gasteiger partial charge in [0, 0.05) is 37.4 Å². The number of aryl methyl sites for hydroxylation is 1. The average molecular weight is 494 g/mol. The summed E-state index contributed by atoms with van der Waals surface area (Å²) in [5, 5.41) is 5.21. The molecule has 0 aliphatic heterocycles. The summed E-state index contributed by atoms with van der Waals surface area (Å²) in [6.07, 6.45) is 9.24. The molecule has 0 spiro atoms. The van der Waals surface area contributed by atoms with Crippen molar-refractivity contribution in [3.63, 3.8) is 0 Å². The van der Waals surface area contributed by atoms with E-state index in [1.54, 1.807) is 13.0 Å². The average Bonchev–Trinajstić information content (AvgIpc) is 3.64. The van der Waals surface area contributed by atoms with Gasteiger partial charge in [-0.3, -0.25) is 4.79 Å². The number of allylic oxidation sites excluding steroid dienone is 2. The van der Waals surface area contributed by atoms with Gasteiger partial charge in [-0.05, 0) is 66.3 Å². The molecule has 1 N–H and O–H groups in total. The number of hydrogen-bond acceptors (Lipinski definition) is 2. The Morgan fingerprint density at radius 1 is 1.11 bits per heavy atom. The van der Waals surface area contributed by atoms with Gasteiger partial charge in [-0.15, -0.1) is 0 Å². The highest BCUT2D eigenvalue weighted by molar-refractivity contribution is 5.95. The highest BCUT2D eigenvalue weighted by Gasteiger charge is 2.40. The fourth-order valence-electron chi connectivity index (χ4n) is 5.78. The van der Waals surface area contributed by atoms with Gasteiger partial charge in [0.05, 0.1) is 11.0 Å². The molecule has 1 unspecified atom stereocenters. The van der Waals surface area contributed by atoms with Gasteiger partial charge in [-0.1, -0.05) is 73.5 Å². The number of rotatable bonds is 5. The van der Waals surface area contributed by atoms with Crippen molar-refractivity contribution in [1.29, 1.82) is 0 Å². The van der Waals surface area contributed by atoms with Crippen LogP contribution in [0.2, 0.25) is 0 Å². The van der Waals surface area contributed by atoms with Gasteiger partial charge in [0.15, 0.2) is 0 Å². The highest BCUT2D eigenvalue weighted by Crippen LogP contribution is 2.49. The number of amides is 1. The monoisotopic (exact) mass is 493 g/mol. The van der Waals surface area contributed by atoms with Crippen molar-refractivity contribution in [3.8, 4) is 11.3 Å². The first-order valence-electron chi connectivity index (χ1n) is 13.2. The Morgan fingerprint density at radius 2 is 1.92 bits per heavy atom. The third-order valence-electron chi connectivity index (χ3n) is 8.07. The third-order valence-corrected chi connectivity index (χ3v) is 8.07. The van der Waals surface area contributed by atoms with E-state index in [0.29, 0.717) is 24.1 Å². The first-order chi connectivity index (χ1) is 17.7. The lowest BCUT2D eigenvalue weighted by atomic mass is 9.82. The van der Waals surface area contributed by atoms with Crippen molar-refractivity contribution in [1.82, 2.24) is 10.3 Å². The number of hydrogen-bond donors (Lipinski definition) is 1. The smallest absolute Gasteiger partial charge is 0.251 e. The molecule has 0 bridgehead atoms. The molecule has 1 radical (unpaired) electrons. The van der Waals surface area contributed by atoms with E-state index in [-0.39, 0.29) is 12.7 Å². The maximum Gasteiger partial charge on any atom is 0.251 e. The first kappa shape index (κ1) is 23.8. The minimum atomic E-state index is -1.47. The summed E-state index contributed by atoms with van der Waals surface area (Å²) >= 11 is 0. The highest BCUT2D eigenvalue weighted by atomic mass is 19.1. The number of carbonyl (C=O) groups is 1. The van der Waals surface area contributed by atoms with Crippen LogP contribution in [-0.4, -0.2) is 17.4 Å². The minimum absolute atomic E-state index is 0. The number of benzene rings is 2. The van der Waals surface area contributed by atoms with Gasteiger partial charge < -0.3 is 5.32 Å². The molecule has 1 amide bonds. The van der Waals surface area contributed by atoms with Gasteiger partial charge in [-0.2, -0.15) is 0 Å². The van der Waals surface area contributed by atoms with E-state index in [1.165, 1.54) is 5.57 Å². The SMILES string of the molecule is CCc1cc(C(=O)NCC2(C)C=c3nc(-c4ccccc4)ccc3=CC2)cc2c1CC1=C([CH]1)C[C@@]2(C)F.[HH]. The van der Waals surface area contributed by atoms with Gasteiger partial charge in [0.1, 0.15) is 5.67 Å². The number of alkyl halides is 1. The third kappa shape index (κ3) is 4.54. The van der Waals surface area contributed by atoms with Gasteiger partial charge in [0.25, 0.3) is 5.91 Å². The molecule has 1 heterocycles. The van der Waals surface area contributed by atoms with Crippen LogP contribution in [0.5, 0.6) is 0 Å². The molecule has 0 saturated heterocycles. The van der Waals surface area contributed by atoms with Crippen molar-refractivity contribution in [2.45, 2.75) is 52.1 Å². The van der Waals surface area contributed by atoms with Crippen molar-refractivity contribution in [2.24, 2.45) is 5.41 Å². The van der Waals surface area contributed by atoms with E-state index in [1.807, 2.05) is 24.3 Å². The molecule has 1 aromatic heterocycles. The van der Waals surface area contributed by atoms with E-state index < -0.39 is 5.67 Å². The van der Waals surface area contributed by atoms with Crippen molar-refractivity contribution in [3.05, 3.63) is 105 Å². The Kier molecular flexibility index (Phi) is 5.67. The molecule has 3 aromatic rings. The van der Waals surface area contributed by atoms with Crippen LogP contribution in [-0.2, 0) is 18.5 Å². The minimum Gasteiger partial charge on any atom is -0.351 e. The maximum atomic E-state index is 15.8. The first-order valence-corrected chi connectivity index (χ1v) is 13.2. The van der Waals surface area contributed by atoms with Crippen LogP contribution in [0.15, 0.2) is 65.7 Å². The molecule has 3 aliphatic rings. The van der Waals surface area contributed by atoms with Crippen LogP contribution in [0.1, 0.15) is 62.1 Å². The lowest BCUT2D eigenvalue weighted by molar-refractivity contribution is 0.0942. The summed E-state index contributed by atoms with van der Waals surface area (Å²) < 4.78 is 15.8. The summed E-state index contributed by atoms with van der Waals surface area (Å²) in [6, 6.07) is 18.1. The van der Waals surface area contributed by atoms with Crippen LogP contribution >= 0.6 is 0 Å². The van der Waals surface area contributed by atoms with Crippen molar-refractivity contribution >= 4 is 18.1 Å². The Morgan fingerprint density at radius 3 is 2.70 bits per heavy atom. The Hall–Kier alpha value is -3.53. The largest absolute Gasteiger partial charge is 0.351 e. The van der Waals surface area contributed by atoms with Crippen LogP contribution in [0.4, 0.5) is 4.39 Å². The van der Waals surface area contributed by atoms with Gasteiger partial charge in [0.2, 0.25) is 0 Å². The van der Waals surface area contributed by atoms with E-state index >= 15 is 4.39 Å². The van der Waals surface area contributed by atoms with Crippen LogP contribution in [0.25, 0.3) is 23.4 Å². The van der Waals surface area contributed by atoms with Crippen molar-refractivity contribution < 1.29 is 10.6 Å². The van der Waals surface area contributed by atoms with Gasteiger partial charge >= 0.3 is 0 Å². The molecule has 6 rings (SSSR count). The molecular weight excluding hydrogens is 459 g/mol. The zero-order valence-electron chi connectivity index (χ0n) is 21.7. The van der Waals surface area contributed by atoms with Crippen LogP contribution in [0, 0.1) is 11.8 Å². The van der Waals surface area contributed by atoms with Crippen LogP contribution in [0.3, 0.4) is 0 Å². The zero-order valence-corrected chi connectivity index (χ0v) is 21.7. The second kappa shape index (κ2) is 8.79. The topological polar surface area (TPSA) is 42.0 Å². The molecule has 37 heavy (non-hydrogen) atoms. The zero-order chi connectivity index (χ0) is 25.8. The molecule has 0 fully saturated rings. The predicted octanol–water partition coefficient (Wildman–Crippen LogP) is 5.60. The Labute approximate surface area is 219 Å². The van der Waals surface area contributed by atoms with E-state index in [4.69, 9.17) is 4.98 Å². The Bertz CT molecular complexity index is 1570. The molecule has 3 nitrogen and oxygen atoms in total. The van der Waals surface area contributed by atoms with Gasteiger partial charge in [-0.25, -0.2) is 9.37 Å². The number of fused-ring (bicyclic) bond motifs is 2. The molecule has 189 valence electrons. The number of pyridine rings is 1. The molecule has 0 saturated carbocycles. The Balaban J connectivity index is 0.00000294. The molecule has 2 aromatic carbocycles. The fraction of sp³-hybridized carbons (Fsp3) is 0.303. The fourth-order valence-corrected chi connectivity index (χ4v) is 5.78. The van der Waals surface area contributed by atoms with E-state index in [9.17, 15) is 4.79 Å². The number of nitrogens with zero attached hydrogens (tertiary/aromatic N) is 1. The predicted molar refractivity (Wildman–Crippen MR) is 149 cm³/mol. The van der Waals surface area contributed by atoms with Crippen LogP contribution < -0.4 is 15.9 Å². The number of nitrogens with one attached hydrogen (secondary N) is 1. The normalized spacial score (nSPS) is 23.6. The second-order valence-corrected chi connectivity index (χ2v) is 11.2. The molecule has 4 heteroatoms. The summed E-state index contributed by atoms with van der Waals surface area (Å²) in [4.78, 5) is 18.3. The summed E-state index contributed by atoms with van der Waals surface area (Å²) in [6.45, 7) is 6.35. The van der Waals surface area contributed by atoms with E-state index in [0.717, 1.165) is 57.8 Å².